The van der Waals surface area contributed by atoms with Gasteiger partial charge in [-0.3, -0.25) is 9.59 Å². The van der Waals surface area contributed by atoms with Gasteiger partial charge in [0.25, 0.3) is 0 Å². The molecule has 0 heterocycles. The lowest BCUT2D eigenvalue weighted by Crippen LogP contribution is -2.53. The number of amides is 2. The van der Waals surface area contributed by atoms with Crippen LogP contribution in [-0.4, -0.2) is 41.4 Å². The van der Waals surface area contributed by atoms with Gasteiger partial charge in [0.1, 0.15) is 12.6 Å². The van der Waals surface area contributed by atoms with E-state index in [1.807, 2.05) is 74.5 Å². The summed E-state index contributed by atoms with van der Waals surface area (Å²) in [6.07, 6.45) is 7.52. The second kappa shape index (κ2) is 19.3. The molecular formula is C32H46N2O4S. The first-order valence-corrected chi connectivity index (χ1v) is 15.5. The predicted molar refractivity (Wildman–Crippen MR) is 161 cm³/mol. The van der Waals surface area contributed by atoms with Gasteiger partial charge in [0.2, 0.25) is 5.91 Å². The number of rotatable bonds is 19. The molecule has 6 nitrogen and oxygen atoms in total. The molecule has 0 unspecified atom stereocenters. The highest BCUT2D eigenvalue weighted by molar-refractivity contribution is 7.99. The SMILES string of the molecule is CCCCCCCCSCC(=O)[C@H](Cc1ccccc1)NC(=O)[C@H](CC(C)C)NC(=O)OCc1ccccc1. The molecule has 0 aliphatic carbocycles. The van der Waals surface area contributed by atoms with Gasteiger partial charge in [0.15, 0.2) is 5.78 Å². The summed E-state index contributed by atoms with van der Waals surface area (Å²) in [5.74, 6) is 1.09. The highest BCUT2D eigenvalue weighted by Gasteiger charge is 2.28. The van der Waals surface area contributed by atoms with Crippen LogP contribution in [0.15, 0.2) is 60.7 Å². The van der Waals surface area contributed by atoms with E-state index in [0.717, 1.165) is 23.3 Å². The minimum Gasteiger partial charge on any atom is -0.445 e. The lowest BCUT2D eigenvalue weighted by atomic mass is 10.00. The number of carbonyl (C=O) groups is 3. The first-order chi connectivity index (χ1) is 18.9. The van der Waals surface area contributed by atoms with E-state index < -0.39 is 18.2 Å². The number of thioether (sulfide) groups is 1. The van der Waals surface area contributed by atoms with Crippen molar-refractivity contribution >= 4 is 29.5 Å². The fourth-order valence-corrected chi connectivity index (χ4v) is 5.19. The Kier molecular flexibility index (Phi) is 16.0. The van der Waals surface area contributed by atoms with Crippen LogP contribution in [0.4, 0.5) is 4.79 Å². The zero-order valence-electron chi connectivity index (χ0n) is 23.8. The largest absolute Gasteiger partial charge is 0.445 e. The van der Waals surface area contributed by atoms with Crippen molar-refractivity contribution in [1.29, 1.82) is 0 Å². The fourth-order valence-electron chi connectivity index (χ4n) is 4.24. The lowest BCUT2D eigenvalue weighted by Gasteiger charge is -2.24. The quantitative estimate of drug-likeness (QED) is 0.188. The summed E-state index contributed by atoms with van der Waals surface area (Å²) in [5.41, 5.74) is 1.84. The van der Waals surface area contributed by atoms with E-state index in [9.17, 15) is 14.4 Å². The van der Waals surface area contributed by atoms with E-state index in [1.165, 1.54) is 32.1 Å². The molecule has 0 saturated carbocycles. The summed E-state index contributed by atoms with van der Waals surface area (Å²) in [7, 11) is 0. The maximum Gasteiger partial charge on any atom is 0.408 e. The summed E-state index contributed by atoms with van der Waals surface area (Å²) in [5, 5.41) is 5.67. The smallest absolute Gasteiger partial charge is 0.408 e. The first-order valence-electron chi connectivity index (χ1n) is 14.3. The molecule has 2 amide bonds. The lowest BCUT2D eigenvalue weighted by molar-refractivity contribution is -0.128. The summed E-state index contributed by atoms with van der Waals surface area (Å²) in [6.45, 7) is 6.31. The highest BCUT2D eigenvalue weighted by atomic mass is 32.2. The summed E-state index contributed by atoms with van der Waals surface area (Å²) < 4.78 is 5.34. The monoisotopic (exact) mass is 554 g/mol. The molecule has 2 rings (SSSR count). The van der Waals surface area contributed by atoms with Gasteiger partial charge in [0, 0.05) is 0 Å². The van der Waals surface area contributed by atoms with Crippen molar-refractivity contribution in [3.8, 4) is 0 Å². The zero-order valence-corrected chi connectivity index (χ0v) is 24.6. The molecule has 0 spiro atoms. The number of carbonyl (C=O) groups excluding carboxylic acids is 3. The minimum absolute atomic E-state index is 0.00172. The average molecular weight is 555 g/mol. The van der Waals surface area contributed by atoms with Crippen molar-refractivity contribution in [2.24, 2.45) is 5.92 Å². The summed E-state index contributed by atoms with van der Waals surface area (Å²) in [4.78, 5) is 39.1. The number of benzene rings is 2. The number of unbranched alkanes of at least 4 members (excludes halogenated alkanes) is 5. The normalized spacial score (nSPS) is 12.5. The number of alkyl carbamates (subject to hydrolysis) is 1. The third kappa shape index (κ3) is 14.2. The van der Waals surface area contributed by atoms with Crippen LogP contribution in [0.1, 0.15) is 76.8 Å². The Morgan fingerprint density at radius 2 is 1.41 bits per heavy atom. The third-order valence-corrected chi connectivity index (χ3v) is 7.47. The Labute approximate surface area is 239 Å². The number of nitrogens with one attached hydrogen (secondary N) is 2. The topological polar surface area (TPSA) is 84.5 Å². The standard InChI is InChI=1S/C32H46N2O4S/c1-4-5-6-7-8-15-20-39-24-30(35)28(22-26-16-11-9-12-17-26)33-31(36)29(21-25(2)3)34-32(37)38-23-27-18-13-10-14-19-27/h9-14,16-19,25,28-29H,4-8,15,20-24H2,1-3H3,(H,33,36)(H,34,37)/t28-,29-/m0/s1. The van der Waals surface area contributed by atoms with Crippen molar-refractivity contribution in [2.45, 2.75) is 90.8 Å². The first kappa shape index (κ1) is 32.4. The van der Waals surface area contributed by atoms with Gasteiger partial charge < -0.3 is 15.4 Å². The molecule has 0 aliphatic heterocycles. The molecule has 0 saturated heterocycles. The van der Waals surface area contributed by atoms with Gasteiger partial charge in [-0.15, -0.1) is 0 Å². The van der Waals surface area contributed by atoms with E-state index in [1.54, 1.807) is 11.8 Å². The van der Waals surface area contributed by atoms with Crippen LogP contribution in [0.3, 0.4) is 0 Å². The van der Waals surface area contributed by atoms with Crippen LogP contribution < -0.4 is 10.6 Å². The summed E-state index contributed by atoms with van der Waals surface area (Å²) >= 11 is 1.63. The van der Waals surface area contributed by atoms with Gasteiger partial charge in [-0.1, -0.05) is 114 Å². The molecule has 7 heteroatoms. The minimum atomic E-state index is -0.796. The second-order valence-electron chi connectivity index (χ2n) is 10.4. The number of ketones is 1. The Bertz CT molecular complexity index is 969. The van der Waals surface area contributed by atoms with Crippen molar-refractivity contribution in [3.63, 3.8) is 0 Å². The molecule has 0 fully saturated rings. The van der Waals surface area contributed by atoms with Crippen molar-refractivity contribution in [3.05, 3.63) is 71.8 Å². The van der Waals surface area contributed by atoms with Crippen LogP contribution in [0.25, 0.3) is 0 Å². The average Bonchev–Trinajstić information content (AvgIpc) is 2.93. The number of hydrogen-bond acceptors (Lipinski definition) is 5. The fraction of sp³-hybridized carbons (Fsp3) is 0.531. The van der Waals surface area contributed by atoms with E-state index in [2.05, 4.69) is 17.6 Å². The van der Waals surface area contributed by atoms with E-state index in [0.29, 0.717) is 18.6 Å². The summed E-state index contributed by atoms with van der Waals surface area (Å²) in [6, 6.07) is 17.6. The molecule has 39 heavy (non-hydrogen) atoms. The maximum atomic E-state index is 13.4. The van der Waals surface area contributed by atoms with Crippen LogP contribution in [0.2, 0.25) is 0 Å². The molecule has 214 valence electrons. The van der Waals surface area contributed by atoms with Crippen molar-refractivity contribution in [2.75, 3.05) is 11.5 Å². The Morgan fingerprint density at radius 3 is 2.05 bits per heavy atom. The molecular weight excluding hydrogens is 508 g/mol. The molecule has 2 aromatic rings. The van der Waals surface area contributed by atoms with Crippen LogP contribution in [0.5, 0.6) is 0 Å². The van der Waals surface area contributed by atoms with E-state index in [-0.39, 0.29) is 24.2 Å². The number of ether oxygens (including phenoxy) is 1. The van der Waals surface area contributed by atoms with Gasteiger partial charge >= 0.3 is 6.09 Å². The highest BCUT2D eigenvalue weighted by Crippen LogP contribution is 2.13. The number of hydrogen-bond donors (Lipinski definition) is 2. The maximum absolute atomic E-state index is 13.4. The van der Waals surface area contributed by atoms with Gasteiger partial charge in [-0.25, -0.2) is 4.79 Å². The molecule has 0 aliphatic rings. The third-order valence-electron chi connectivity index (χ3n) is 6.40. The van der Waals surface area contributed by atoms with Crippen molar-refractivity contribution in [1.82, 2.24) is 10.6 Å². The molecule has 2 atom stereocenters. The molecule has 0 radical (unpaired) electrons. The molecule has 2 N–H and O–H groups in total. The van der Waals surface area contributed by atoms with E-state index in [4.69, 9.17) is 4.74 Å². The predicted octanol–water partition coefficient (Wildman–Crippen LogP) is 6.72. The Hall–Kier alpha value is -2.80. The molecule has 0 aromatic heterocycles. The number of Topliss-reactive ketones (excluding diaryl/α,β-unsaturated/α-hetero) is 1. The van der Waals surface area contributed by atoms with Gasteiger partial charge in [-0.05, 0) is 42.1 Å². The van der Waals surface area contributed by atoms with Gasteiger partial charge in [-0.2, -0.15) is 11.8 Å². The van der Waals surface area contributed by atoms with Crippen LogP contribution in [-0.2, 0) is 27.4 Å². The Morgan fingerprint density at radius 1 is 0.795 bits per heavy atom. The molecule has 2 aromatic carbocycles. The van der Waals surface area contributed by atoms with Gasteiger partial charge in [0.05, 0.1) is 11.8 Å². The van der Waals surface area contributed by atoms with Crippen molar-refractivity contribution < 1.29 is 19.1 Å². The zero-order chi connectivity index (χ0) is 28.3. The van der Waals surface area contributed by atoms with Crippen LogP contribution >= 0.6 is 11.8 Å². The molecule has 0 bridgehead atoms. The van der Waals surface area contributed by atoms with E-state index >= 15 is 0 Å². The second-order valence-corrected chi connectivity index (χ2v) is 11.5. The van der Waals surface area contributed by atoms with Crippen LogP contribution in [0, 0.1) is 5.92 Å². The Balaban J connectivity index is 1.96.